The predicted molar refractivity (Wildman–Crippen MR) is 119 cm³/mol. The van der Waals surface area contributed by atoms with E-state index in [-0.39, 0.29) is 17.3 Å². The molecule has 0 unspecified atom stereocenters. The third-order valence-corrected chi connectivity index (χ3v) is 7.48. The van der Waals surface area contributed by atoms with E-state index in [1.54, 1.807) is 45.8 Å². The third kappa shape index (κ3) is 5.39. The fourth-order valence-electron chi connectivity index (χ4n) is 3.93. The quantitative estimate of drug-likeness (QED) is 0.614. The maximum absolute atomic E-state index is 13.1. The number of nitrogens with zero attached hydrogens (tertiary/aromatic N) is 3. The SMILES string of the molecule is O=C(Cn1ccnc1)Nc1cccc(S(=O)(=O)N2CCC(Cc3ccccc3)CC2)c1. The monoisotopic (exact) mass is 438 g/mol. The lowest BCUT2D eigenvalue weighted by Crippen LogP contribution is -2.38. The van der Waals surface area contributed by atoms with Gasteiger partial charge < -0.3 is 9.88 Å². The van der Waals surface area contributed by atoms with Crippen LogP contribution in [0.2, 0.25) is 0 Å². The first-order valence-corrected chi connectivity index (χ1v) is 11.8. The Balaban J connectivity index is 1.37. The van der Waals surface area contributed by atoms with Gasteiger partial charge in [-0.15, -0.1) is 0 Å². The molecule has 1 saturated heterocycles. The molecule has 0 spiro atoms. The number of imidazole rings is 1. The van der Waals surface area contributed by atoms with Crippen LogP contribution in [-0.2, 0) is 27.8 Å². The highest BCUT2D eigenvalue weighted by Crippen LogP contribution is 2.27. The van der Waals surface area contributed by atoms with Gasteiger partial charge in [-0.2, -0.15) is 4.31 Å². The molecule has 1 fully saturated rings. The van der Waals surface area contributed by atoms with Crippen molar-refractivity contribution in [2.75, 3.05) is 18.4 Å². The Bertz CT molecular complexity index is 1110. The van der Waals surface area contributed by atoms with E-state index in [4.69, 9.17) is 0 Å². The fourth-order valence-corrected chi connectivity index (χ4v) is 5.45. The predicted octanol–water partition coefficient (Wildman–Crippen LogP) is 3.17. The van der Waals surface area contributed by atoms with Crippen LogP contribution in [0.4, 0.5) is 5.69 Å². The molecular formula is C23H26N4O3S. The van der Waals surface area contributed by atoms with Crippen LogP contribution in [0.1, 0.15) is 18.4 Å². The molecule has 31 heavy (non-hydrogen) atoms. The summed E-state index contributed by atoms with van der Waals surface area (Å²) in [6.45, 7) is 1.14. The number of anilines is 1. The second kappa shape index (κ2) is 9.45. The van der Waals surface area contributed by atoms with Crippen LogP contribution in [-0.4, -0.2) is 41.3 Å². The van der Waals surface area contributed by atoms with E-state index >= 15 is 0 Å². The van der Waals surface area contributed by atoms with E-state index in [2.05, 4.69) is 22.4 Å². The topological polar surface area (TPSA) is 84.3 Å². The highest BCUT2D eigenvalue weighted by atomic mass is 32.2. The fraction of sp³-hybridized carbons (Fsp3) is 0.304. The summed E-state index contributed by atoms with van der Waals surface area (Å²) in [4.78, 5) is 16.3. The van der Waals surface area contributed by atoms with Gasteiger partial charge in [-0.05, 0) is 48.9 Å². The molecule has 0 radical (unpaired) electrons. The summed E-state index contributed by atoms with van der Waals surface area (Å²) in [6.07, 6.45) is 7.52. The molecule has 162 valence electrons. The zero-order chi connectivity index (χ0) is 21.7. The van der Waals surface area contributed by atoms with Crippen molar-refractivity contribution in [2.45, 2.75) is 30.7 Å². The Kier molecular flexibility index (Phi) is 6.48. The summed E-state index contributed by atoms with van der Waals surface area (Å²) in [7, 11) is -3.60. The molecule has 1 aliphatic rings. The molecule has 0 bridgehead atoms. The van der Waals surface area contributed by atoms with Crippen LogP contribution in [0.5, 0.6) is 0 Å². The van der Waals surface area contributed by atoms with Crippen molar-refractivity contribution in [3.63, 3.8) is 0 Å². The number of piperidine rings is 1. The van der Waals surface area contributed by atoms with Gasteiger partial charge in [0.25, 0.3) is 0 Å². The zero-order valence-corrected chi connectivity index (χ0v) is 18.0. The Labute approximate surface area is 182 Å². The van der Waals surface area contributed by atoms with E-state index in [1.807, 2.05) is 18.2 Å². The maximum atomic E-state index is 13.1. The lowest BCUT2D eigenvalue weighted by Gasteiger charge is -2.31. The minimum absolute atomic E-state index is 0.117. The molecule has 4 rings (SSSR count). The van der Waals surface area contributed by atoms with Gasteiger partial charge in [-0.1, -0.05) is 36.4 Å². The van der Waals surface area contributed by atoms with Gasteiger partial charge >= 0.3 is 0 Å². The summed E-state index contributed by atoms with van der Waals surface area (Å²) in [5.41, 5.74) is 1.76. The minimum atomic E-state index is -3.60. The number of carbonyl (C=O) groups excluding carboxylic acids is 1. The largest absolute Gasteiger partial charge is 0.328 e. The van der Waals surface area contributed by atoms with Crippen LogP contribution in [0.15, 0.2) is 78.2 Å². The van der Waals surface area contributed by atoms with Crippen molar-refractivity contribution >= 4 is 21.6 Å². The van der Waals surface area contributed by atoms with Gasteiger partial charge in [0, 0.05) is 31.2 Å². The summed E-state index contributed by atoms with van der Waals surface area (Å²) in [6, 6.07) is 16.8. The van der Waals surface area contributed by atoms with Crippen LogP contribution in [0, 0.1) is 5.92 Å². The number of hydrogen-bond donors (Lipinski definition) is 1. The third-order valence-electron chi connectivity index (χ3n) is 5.58. The number of sulfonamides is 1. The number of carbonyl (C=O) groups is 1. The molecule has 8 heteroatoms. The smallest absolute Gasteiger partial charge is 0.244 e. The first-order valence-electron chi connectivity index (χ1n) is 10.4. The first kappa shape index (κ1) is 21.3. The second-order valence-corrected chi connectivity index (χ2v) is 9.79. The molecule has 1 N–H and O–H groups in total. The van der Waals surface area contributed by atoms with Crippen molar-refractivity contribution in [3.8, 4) is 0 Å². The first-order chi connectivity index (χ1) is 15.0. The highest BCUT2D eigenvalue weighted by molar-refractivity contribution is 7.89. The van der Waals surface area contributed by atoms with E-state index in [9.17, 15) is 13.2 Å². The summed E-state index contributed by atoms with van der Waals surface area (Å²) >= 11 is 0. The standard InChI is InChI=1S/C23H26N4O3S/c28-23(17-26-14-11-24-18-26)25-21-7-4-8-22(16-21)31(29,30)27-12-9-20(10-13-27)15-19-5-2-1-3-6-19/h1-8,11,14,16,18,20H,9-10,12-13,15,17H2,(H,25,28). The number of amides is 1. The lowest BCUT2D eigenvalue weighted by atomic mass is 9.91. The molecule has 0 saturated carbocycles. The molecule has 2 heterocycles. The molecule has 7 nitrogen and oxygen atoms in total. The van der Waals surface area contributed by atoms with Gasteiger partial charge in [0.1, 0.15) is 6.54 Å². The Hall–Kier alpha value is -2.97. The van der Waals surface area contributed by atoms with Crippen LogP contribution in [0.3, 0.4) is 0 Å². The van der Waals surface area contributed by atoms with E-state index in [0.717, 1.165) is 19.3 Å². The molecule has 0 atom stereocenters. The molecule has 3 aromatic rings. The van der Waals surface area contributed by atoms with Gasteiger partial charge in [-0.25, -0.2) is 13.4 Å². The summed E-state index contributed by atoms with van der Waals surface area (Å²) in [5.74, 6) is 0.247. The van der Waals surface area contributed by atoms with Crippen molar-refractivity contribution in [2.24, 2.45) is 5.92 Å². The number of aromatic nitrogens is 2. The van der Waals surface area contributed by atoms with E-state index in [0.29, 0.717) is 24.7 Å². The summed E-state index contributed by atoms with van der Waals surface area (Å²) < 4.78 is 29.5. The number of hydrogen-bond acceptors (Lipinski definition) is 4. The van der Waals surface area contributed by atoms with Crippen LogP contribution < -0.4 is 5.32 Å². The molecular weight excluding hydrogens is 412 g/mol. The van der Waals surface area contributed by atoms with Gasteiger partial charge in [-0.3, -0.25) is 4.79 Å². The molecule has 2 aromatic carbocycles. The average molecular weight is 439 g/mol. The molecule has 1 amide bonds. The van der Waals surface area contributed by atoms with E-state index < -0.39 is 10.0 Å². The minimum Gasteiger partial charge on any atom is -0.328 e. The molecule has 1 aromatic heterocycles. The van der Waals surface area contributed by atoms with Crippen LogP contribution in [0.25, 0.3) is 0 Å². The number of nitrogens with one attached hydrogen (secondary N) is 1. The van der Waals surface area contributed by atoms with Crippen molar-refractivity contribution in [1.29, 1.82) is 0 Å². The van der Waals surface area contributed by atoms with Crippen molar-refractivity contribution in [1.82, 2.24) is 13.9 Å². The molecule has 1 aliphatic heterocycles. The number of benzene rings is 2. The van der Waals surface area contributed by atoms with Crippen LogP contribution >= 0.6 is 0 Å². The Morgan fingerprint density at radius 2 is 1.84 bits per heavy atom. The van der Waals surface area contributed by atoms with Gasteiger partial charge in [0.05, 0.1) is 11.2 Å². The lowest BCUT2D eigenvalue weighted by molar-refractivity contribution is -0.116. The van der Waals surface area contributed by atoms with Crippen molar-refractivity contribution < 1.29 is 13.2 Å². The normalized spacial score (nSPS) is 15.6. The second-order valence-electron chi connectivity index (χ2n) is 7.85. The van der Waals surface area contributed by atoms with E-state index in [1.165, 1.54) is 11.6 Å². The number of rotatable bonds is 7. The zero-order valence-electron chi connectivity index (χ0n) is 17.2. The maximum Gasteiger partial charge on any atom is 0.244 e. The van der Waals surface area contributed by atoms with Gasteiger partial charge in [0.2, 0.25) is 15.9 Å². The highest BCUT2D eigenvalue weighted by Gasteiger charge is 2.29. The van der Waals surface area contributed by atoms with Gasteiger partial charge in [0.15, 0.2) is 0 Å². The Morgan fingerprint density at radius 3 is 2.55 bits per heavy atom. The molecule has 0 aliphatic carbocycles. The average Bonchev–Trinajstić information content (AvgIpc) is 3.28. The Morgan fingerprint density at radius 1 is 1.06 bits per heavy atom. The van der Waals surface area contributed by atoms with Crippen molar-refractivity contribution in [3.05, 3.63) is 78.9 Å². The summed E-state index contributed by atoms with van der Waals surface area (Å²) in [5, 5.41) is 2.76.